The Bertz CT molecular complexity index is 376. The standard InChI is InChI=1S/C13H17BrN2/c14-10-2-1-3-13(8-10)16-7-6-12(9-16)15-11-4-5-11/h1-3,8,11-12,15H,4-7,9H2. The molecule has 1 saturated carbocycles. The predicted molar refractivity (Wildman–Crippen MR) is 70.9 cm³/mol. The van der Waals surface area contributed by atoms with Crippen LogP contribution in [0.2, 0.25) is 0 Å². The van der Waals surface area contributed by atoms with Gasteiger partial charge >= 0.3 is 0 Å². The minimum atomic E-state index is 0.700. The molecule has 2 aliphatic rings. The summed E-state index contributed by atoms with van der Waals surface area (Å²) in [6.45, 7) is 2.34. The topological polar surface area (TPSA) is 15.3 Å². The van der Waals surface area contributed by atoms with Crippen LogP contribution < -0.4 is 10.2 Å². The minimum Gasteiger partial charge on any atom is -0.370 e. The first kappa shape index (κ1) is 10.6. The molecule has 1 N–H and O–H groups in total. The van der Waals surface area contributed by atoms with Gasteiger partial charge in [-0.2, -0.15) is 0 Å². The van der Waals surface area contributed by atoms with Crippen LogP contribution in [-0.2, 0) is 0 Å². The summed E-state index contributed by atoms with van der Waals surface area (Å²) in [5, 5.41) is 3.71. The molecule has 1 aliphatic heterocycles. The molecular formula is C13H17BrN2. The summed E-state index contributed by atoms with van der Waals surface area (Å²) in [6, 6.07) is 10.1. The van der Waals surface area contributed by atoms with Gasteiger partial charge in [-0.25, -0.2) is 0 Å². The second kappa shape index (κ2) is 4.38. The normalized spacial score (nSPS) is 25.1. The third-order valence-corrected chi connectivity index (χ3v) is 3.90. The van der Waals surface area contributed by atoms with Crippen LogP contribution in [0.15, 0.2) is 28.7 Å². The molecule has 1 aromatic rings. The van der Waals surface area contributed by atoms with Crippen LogP contribution in [0.4, 0.5) is 5.69 Å². The molecule has 0 radical (unpaired) electrons. The van der Waals surface area contributed by atoms with Gasteiger partial charge in [0.05, 0.1) is 0 Å². The molecule has 0 bridgehead atoms. The Morgan fingerprint density at radius 2 is 2.06 bits per heavy atom. The summed E-state index contributed by atoms with van der Waals surface area (Å²) in [6.07, 6.45) is 4.05. The molecule has 3 heteroatoms. The minimum absolute atomic E-state index is 0.700. The molecule has 16 heavy (non-hydrogen) atoms. The van der Waals surface area contributed by atoms with E-state index in [4.69, 9.17) is 0 Å². The van der Waals surface area contributed by atoms with Crippen LogP contribution in [0, 0.1) is 0 Å². The summed E-state index contributed by atoms with van der Waals surface area (Å²) < 4.78 is 1.17. The van der Waals surface area contributed by atoms with Gasteiger partial charge in [-0.15, -0.1) is 0 Å². The zero-order chi connectivity index (χ0) is 11.0. The van der Waals surface area contributed by atoms with Gasteiger partial charge < -0.3 is 10.2 Å². The number of hydrogen-bond donors (Lipinski definition) is 1. The number of halogens is 1. The van der Waals surface area contributed by atoms with Crippen molar-refractivity contribution in [2.75, 3.05) is 18.0 Å². The Kier molecular flexibility index (Phi) is 2.90. The Labute approximate surface area is 105 Å². The zero-order valence-electron chi connectivity index (χ0n) is 9.32. The molecule has 3 rings (SSSR count). The van der Waals surface area contributed by atoms with E-state index in [2.05, 4.69) is 50.4 Å². The van der Waals surface area contributed by atoms with E-state index < -0.39 is 0 Å². The molecular weight excluding hydrogens is 264 g/mol. The molecule has 0 aromatic heterocycles. The Balaban J connectivity index is 1.63. The van der Waals surface area contributed by atoms with Crippen molar-refractivity contribution in [1.29, 1.82) is 0 Å². The highest BCUT2D eigenvalue weighted by Gasteiger charge is 2.29. The van der Waals surface area contributed by atoms with E-state index >= 15 is 0 Å². The van der Waals surface area contributed by atoms with Crippen LogP contribution in [0.1, 0.15) is 19.3 Å². The number of benzene rings is 1. The highest BCUT2D eigenvalue weighted by molar-refractivity contribution is 9.10. The molecule has 1 heterocycles. The molecule has 1 atom stereocenters. The van der Waals surface area contributed by atoms with Gasteiger partial charge in [0.15, 0.2) is 0 Å². The van der Waals surface area contributed by atoms with Crippen LogP contribution in [0.5, 0.6) is 0 Å². The first-order valence-corrected chi connectivity index (χ1v) is 6.87. The lowest BCUT2D eigenvalue weighted by Gasteiger charge is -2.19. The van der Waals surface area contributed by atoms with Crippen LogP contribution >= 0.6 is 15.9 Å². The fourth-order valence-corrected chi connectivity index (χ4v) is 2.77. The monoisotopic (exact) mass is 280 g/mol. The van der Waals surface area contributed by atoms with Gasteiger partial charge in [-0.1, -0.05) is 22.0 Å². The molecule has 1 unspecified atom stereocenters. The Hall–Kier alpha value is -0.540. The third-order valence-electron chi connectivity index (χ3n) is 3.41. The maximum Gasteiger partial charge on any atom is 0.0378 e. The number of anilines is 1. The summed E-state index contributed by atoms with van der Waals surface area (Å²) >= 11 is 3.53. The summed E-state index contributed by atoms with van der Waals surface area (Å²) in [5.41, 5.74) is 1.34. The van der Waals surface area contributed by atoms with Crippen molar-refractivity contribution in [2.24, 2.45) is 0 Å². The fraction of sp³-hybridized carbons (Fsp3) is 0.538. The van der Waals surface area contributed by atoms with Crippen LogP contribution in [0.25, 0.3) is 0 Å². The van der Waals surface area contributed by atoms with Gasteiger partial charge in [-0.3, -0.25) is 0 Å². The van der Waals surface area contributed by atoms with Crippen molar-refractivity contribution in [3.05, 3.63) is 28.7 Å². The highest BCUT2D eigenvalue weighted by atomic mass is 79.9. The van der Waals surface area contributed by atoms with Gasteiger partial charge in [0.25, 0.3) is 0 Å². The van der Waals surface area contributed by atoms with Crippen molar-refractivity contribution in [1.82, 2.24) is 5.32 Å². The molecule has 2 fully saturated rings. The molecule has 0 spiro atoms. The van der Waals surface area contributed by atoms with Gasteiger partial charge in [0.1, 0.15) is 0 Å². The molecule has 0 amide bonds. The van der Waals surface area contributed by atoms with E-state index in [0.29, 0.717) is 6.04 Å². The number of rotatable bonds is 3. The van der Waals surface area contributed by atoms with Crippen LogP contribution in [-0.4, -0.2) is 25.2 Å². The smallest absolute Gasteiger partial charge is 0.0378 e. The van der Waals surface area contributed by atoms with Gasteiger partial charge in [0, 0.05) is 35.3 Å². The van der Waals surface area contributed by atoms with E-state index in [1.807, 2.05) is 0 Å². The molecule has 86 valence electrons. The number of hydrogen-bond acceptors (Lipinski definition) is 2. The van der Waals surface area contributed by atoms with E-state index in [1.54, 1.807) is 0 Å². The molecule has 1 aromatic carbocycles. The van der Waals surface area contributed by atoms with Crippen molar-refractivity contribution in [3.8, 4) is 0 Å². The Morgan fingerprint density at radius 3 is 2.81 bits per heavy atom. The van der Waals surface area contributed by atoms with Gasteiger partial charge in [0.2, 0.25) is 0 Å². The SMILES string of the molecule is Brc1cccc(N2CCC(NC3CC3)C2)c1. The number of nitrogens with zero attached hydrogens (tertiary/aromatic N) is 1. The predicted octanol–water partition coefficient (Wildman–Crippen LogP) is 2.78. The van der Waals surface area contributed by atoms with E-state index in [9.17, 15) is 0 Å². The maximum absolute atomic E-state index is 3.71. The van der Waals surface area contributed by atoms with E-state index in [-0.39, 0.29) is 0 Å². The molecule has 2 nitrogen and oxygen atoms in total. The second-order valence-electron chi connectivity index (χ2n) is 4.85. The van der Waals surface area contributed by atoms with Crippen LogP contribution in [0.3, 0.4) is 0 Å². The Morgan fingerprint density at radius 1 is 1.19 bits per heavy atom. The van der Waals surface area contributed by atoms with Crippen molar-refractivity contribution in [2.45, 2.75) is 31.3 Å². The van der Waals surface area contributed by atoms with Crippen molar-refractivity contribution >= 4 is 21.6 Å². The lowest BCUT2D eigenvalue weighted by molar-refractivity contribution is 0.548. The first-order chi connectivity index (χ1) is 7.81. The average molecular weight is 281 g/mol. The molecule has 1 aliphatic carbocycles. The number of nitrogens with one attached hydrogen (secondary N) is 1. The average Bonchev–Trinajstić information content (AvgIpc) is 2.94. The second-order valence-corrected chi connectivity index (χ2v) is 5.77. The van der Waals surface area contributed by atoms with E-state index in [1.165, 1.54) is 36.0 Å². The first-order valence-electron chi connectivity index (χ1n) is 6.08. The lowest BCUT2D eigenvalue weighted by atomic mass is 10.2. The highest BCUT2D eigenvalue weighted by Crippen LogP contribution is 2.26. The zero-order valence-corrected chi connectivity index (χ0v) is 10.9. The largest absolute Gasteiger partial charge is 0.370 e. The lowest BCUT2D eigenvalue weighted by Crippen LogP contribution is -2.33. The summed E-state index contributed by atoms with van der Waals surface area (Å²) in [7, 11) is 0. The van der Waals surface area contributed by atoms with E-state index in [0.717, 1.165) is 12.6 Å². The summed E-state index contributed by atoms with van der Waals surface area (Å²) in [4.78, 5) is 2.48. The summed E-state index contributed by atoms with van der Waals surface area (Å²) in [5.74, 6) is 0. The third kappa shape index (κ3) is 2.41. The fourth-order valence-electron chi connectivity index (χ4n) is 2.39. The maximum atomic E-state index is 3.71. The van der Waals surface area contributed by atoms with Crippen molar-refractivity contribution in [3.63, 3.8) is 0 Å². The quantitative estimate of drug-likeness (QED) is 0.916. The van der Waals surface area contributed by atoms with Crippen molar-refractivity contribution < 1.29 is 0 Å². The molecule has 1 saturated heterocycles. The van der Waals surface area contributed by atoms with Gasteiger partial charge in [-0.05, 0) is 37.5 Å².